The van der Waals surface area contributed by atoms with Gasteiger partial charge in [-0.05, 0) is 12.1 Å². The van der Waals surface area contributed by atoms with Crippen molar-refractivity contribution in [3.63, 3.8) is 0 Å². The topological polar surface area (TPSA) is 122 Å². The van der Waals surface area contributed by atoms with E-state index in [9.17, 15) is 0 Å². The molecule has 0 aliphatic heterocycles. The Morgan fingerprint density at radius 3 is 2.43 bits per heavy atom. The van der Waals surface area contributed by atoms with Crippen LogP contribution in [0.15, 0.2) is 18.3 Å². The van der Waals surface area contributed by atoms with E-state index in [2.05, 4.69) is 15.2 Å². The van der Waals surface area contributed by atoms with Crippen LogP contribution in [0.25, 0.3) is 11.4 Å². The van der Waals surface area contributed by atoms with Crippen LogP contribution in [0.5, 0.6) is 0 Å². The van der Waals surface area contributed by atoms with E-state index in [0.29, 0.717) is 17.2 Å². The molecule has 2 aromatic heterocycles. The maximum atomic E-state index is 5.58. The second-order valence-electron chi connectivity index (χ2n) is 2.72. The molecule has 0 saturated heterocycles. The third kappa shape index (κ3) is 1.20. The predicted octanol–water partition coefficient (Wildman–Crippen LogP) is -0.782. The first-order valence-corrected chi connectivity index (χ1v) is 3.86. The molecule has 72 valence electrons. The zero-order chi connectivity index (χ0) is 10.1. The van der Waals surface area contributed by atoms with E-state index in [1.54, 1.807) is 18.3 Å². The van der Waals surface area contributed by atoms with Crippen LogP contribution in [0.2, 0.25) is 0 Å². The van der Waals surface area contributed by atoms with Gasteiger partial charge in [-0.3, -0.25) is 0 Å². The van der Waals surface area contributed by atoms with E-state index in [-0.39, 0.29) is 5.95 Å². The zero-order valence-corrected chi connectivity index (χ0v) is 7.25. The minimum Gasteiger partial charge on any atom is -0.384 e. The van der Waals surface area contributed by atoms with Gasteiger partial charge in [0.2, 0.25) is 5.95 Å². The minimum atomic E-state index is 0.150. The molecule has 0 aliphatic rings. The number of aromatic nitrogens is 4. The molecule has 14 heavy (non-hydrogen) atoms. The Labute approximate surface area is 79.5 Å². The van der Waals surface area contributed by atoms with Gasteiger partial charge < -0.3 is 17.3 Å². The lowest BCUT2D eigenvalue weighted by Gasteiger charge is -2.00. The van der Waals surface area contributed by atoms with Crippen molar-refractivity contribution in [3.05, 3.63) is 18.3 Å². The fourth-order valence-electron chi connectivity index (χ4n) is 1.04. The van der Waals surface area contributed by atoms with E-state index in [1.807, 2.05) is 0 Å². The van der Waals surface area contributed by atoms with Crippen molar-refractivity contribution < 1.29 is 0 Å². The number of hydrogen-bond acceptors (Lipinski definition) is 6. The van der Waals surface area contributed by atoms with Crippen molar-refractivity contribution in [2.75, 3.05) is 17.3 Å². The lowest BCUT2D eigenvalue weighted by molar-refractivity contribution is 1.02. The molecule has 6 N–H and O–H groups in total. The zero-order valence-electron chi connectivity index (χ0n) is 7.25. The van der Waals surface area contributed by atoms with Gasteiger partial charge in [0.1, 0.15) is 5.82 Å². The van der Waals surface area contributed by atoms with E-state index < -0.39 is 0 Å². The molecule has 0 spiro atoms. The Balaban J connectivity index is 2.49. The average molecular weight is 191 g/mol. The lowest BCUT2D eigenvalue weighted by Crippen LogP contribution is -2.13. The van der Waals surface area contributed by atoms with Crippen LogP contribution in [-0.4, -0.2) is 19.9 Å². The van der Waals surface area contributed by atoms with Crippen LogP contribution in [-0.2, 0) is 0 Å². The minimum absolute atomic E-state index is 0.150. The summed E-state index contributed by atoms with van der Waals surface area (Å²) in [6.07, 6.45) is 1.56. The van der Waals surface area contributed by atoms with Gasteiger partial charge in [0.25, 0.3) is 0 Å². The molecular formula is C7H9N7. The van der Waals surface area contributed by atoms with Crippen LogP contribution in [0.3, 0.4) is 0 Å². The quantitative estimate of drug-likeness (QED) is 0.508. The fourth-order valence-corrected chi connectivity index (χ4v) is 1.04. The summed E-state index contributed by atoms with van der Waals surface area (Å²) < 4.78 is 1.19. The van der Waals surface area contributed by atoms with Gasteiger partial charge in [-0.15, -0.1) is 10.2 Å². The Bertz CT molecular complexity index is 444. The molecule has 0 saturated carbocycles. The normalized spacial score (nSPS) is 10.3. The van der Waals surface area contributed by atoms with E-state index >= 15 is 0 Å². The number of nitrogens with zero attached hydrogens (tertiary/aromatic N) is 4. The largest absolute Gasteiger partial charge is 0.384 e. The molecule has 0 atom stereocenters. The Kier molecular flexibility index (Phi) is 1.70. The van der Waals surface area contributed by atoms with Gasteiger partial charge in [0.15, 0.2) is 5.82 Å². The third-order valence-electron chi connectivity index (χ3n) is 1.77. The first-order valence-electron chi connectivity index (χ1n) is 3.86. The van der Waals surface area contributed by atoms with Crippen LogP contribution in [0.1, 0.15) is 0 Å². The molecule has 0 radical (unpaired) electrons. The van der Waals surface area contributed by atoms with Gasteiger partial charge in [0, 0.05) is 11.8 Å². The van der Waals surface area contributed by atoms with Crippen LogP contribution in [0, 0.1) is 0 Å². The van der Waals surface area contributed by atoms with E-state index in [1.165, 1.54) is 4.68 Å². The van der Waals surface area contributed by atoms with Crippen LogP contribution >= 0.6 is 0 Å². The molecular weight excluding hydrogens is 182 g/mol. The summed E-state index contributed by atoms with van der Waals surface area (Å²) in [5, 5.41) is 7.42. The highest BCUT2D eigenvalue weighted by molar-refractivity contribution is 5.57. The molecule has 2 aromatic rings. The van der Waals surface area contributed by atoms with Gasteiger partial charge in [-0.1, -0.05) is 0 Å². The van der Waals surface area contributed by atoms with Crippen molar-refractivity contribution in [1.82, 2.24) is 19.9 Å². The molecule has 0 unspecified atom stereocenters. The van der Waals surface area contributed by atoms with Gasteiger partial charge in [-0.2, -0.15) is 0 Å². The van der Waals surface area contributed by atoms with E-state index in [4.69, 9.17) is 17.3 Å². The number of rotatable bonds is 1. The standard InChI is InChI=1S/C7H9N7/c8-5-2-1-4(3-11-5)6-12-13-7(9)14(6)10/h1-3H,10H2,(H2,8,11)(H2,9,13). The van der Waals surface area contributed by atoms with Gasteiger partial charge >= 0.3 is 0 Å². The first kappa shape index (κ1) is 8.30. The summed E-state index contributed by atoms with van der Waals surface area (Å²) in [4.78, 5) is 3.91. The third-order valence-corrected chi connectivity index (χ3v) is 1.77. The molecule has 2 heterocycles. The molecule has 0 aromatic carbocycles. The summed E-state index contributed by atoms with van der Waals surface area (Å²) in [6.45, 7) is 0. The Hall–Kier alpha value is -2.31. The summed E-state index contributed by atoms with van der Waals surface area (Å²) >= 11 is 0. The summed E-state index contributed by atoms with van der Waals surface area (Å²) in [5.74, 6) is 6.62. The van der Waals surface area contributed by atoms with Gasteiger partial charge in [0.05, 0.1) is 0 Å². The van der Waals surface area contributed by atoms with E-state index in [0.717, 1.165) is 0 Å². The number of pyridine rings is 1. The SMILES string of the molecule is Nc1ccc(-c2nnc(N)n2N)cn1. The number of nitrogens with two attached hydrogens (primary N) is 3. The molecule has 0 aliphatic carbocycles. The second-order valence-corrected chi connectivity index (χ2v) is 2.72. The van der Waals surface area contributed by atoms with Crippen molar-refractivity contribution in [1.29, 1.82) is 0 Å². The lowest BCUT2D eigenvalue weighted by atomic mass is 10.3. The van der Waals surface area contributed by atoms with Crippen LogP contribution < -0.4 is 17.3 Å². The van der Waals surface area contributed by atoms with Crippen molar-refractivity contribution in [2.45, 2.75) is 0 Å². The maximum absolute atomic E-state index is 5.58. The van der Waals surface area contributed by atoms with Crippen LogP contribution in [0.4, 0.5) is 11.8 Å². The number of nitrogen functional groups attached to an aromatic ring is 3. The van der Waals surface area contributed by atoms with Crippen molar-refractivity contribution in [2.24, 2.45) is 0 Å². The molecule has 7 heteroatoms. The number of anilines is 2. The molecule has 0 bridgehead atoms. The monoisotopic (exact) mass is 191 g/mol. The summed E-state index contributed by atoms with van der Waals surface area (Å²) in [6, 6.07) is 3.40. The first-order chi connectivity index (χ1) is 6.68. The smallest absolute Gasteiger partial charge is 0.241 e. The number of hydrogen-bond donors (Lipinski definition) is 3. The highest BCUT2D eigenvalue weighted by atomic mass is 15.4. The Morgan fingerprint density at radius 2 is 1.93 bits per heavy atom. The highest BCUT2D eigenvalue weighted by Crippen LogP contribution is 2.16. The molecule has 0 amide bonds. The molecule has 2 rings (SSSR count). The summed E-state index contributed by atoms with van der Waals surface area (Å²) in [7, 11) is 0. The van der Waals surface area contributed by atoms with Crippen molar-refractivity contribution >= 4 is 11.8 Å². The highest BCUT2D eigenvalue weighted by Gasteiger charge is 2.08. The fraction of sp³-hybridized carbons (Fsp3) is 0. The van der Waals surface area contributed by atoms with Crippen molar-refractivity contribution in [3.8, 4) is 11.4 Å². The predicted molar refractivity (Wildman–Crippen MR) is 52.2 cm³/mol. The molecule has 0 fully saturated rings. The summed E-state index contributed by atoms with van der Waals surface area (Å²) in [5.41, 5.74) is 11.6. The second kappa shape index (κ2) is 2.87. The maximum Gasteiger partial charge on any atom is 0.241 e. The van der Waals surface area contributed by atoms with Gasteiger partial charge in [-0.25, -0.2) is 9.66 Å². The average Bonchev–Trinajstić information content (AvgIpc) is 2.50. The molecule has 7 nitrogen and oxygen atoms in total. The Morgan fingerprint density at radius 1 is 1.14 bits per heavy atom.